The van der Waals surface area contributed by atoms with E-state index < -0.39 is 5.97 Å². The summed E-state index contributed by atoms with van der Waals surface area (Å²) in [6, 6.07) is 10.6. The summed E-state index contributed by atoms with van der Waals surface area (Å²) in [5.41, 5.74) is 2.24. The maximum atomic E-state index is 10.9. The highest BCUT2D eigenvalue weighted by Crippen LogP contribution is 2.24. The van der Waals surface area contributed by atoms with Crippen molar-refractivity contribution in [3.8, 4) is 0 Å². The lowest BCUT2D eigenvalue weighted by Gasteiger charge is -2.11. The molecule has 0 aromatic heterocycles. The minimum absolute atomic E-state index is 0.265. The highest BCUT2D eigenvalue weighted by molar-refractivity contribution is 14.1. The minimum atomic E-state index is -0.933. The third-order valence-corrected chi connectivity index (χ3v) is 4.57. The van der Waals surface area contributed by atoms with Gasteiger partial charge in [-0.2, -0.15) is 0 Å². The zero-order valence-electron chi connectivity index (χ0n) is 10.2. The summed E-state index contributed by atoms with van der Waals surface area (Å²) in [5.74, 6) is -0.933. The Labute approximate surface area is 143 Å². The van der Waals surface area contributed by atoms with Crippen molar-refractivity contribution in [2.75, 3.05) is 5.32 Å². The van der Waals surface area contributed by atoms with E-state index in [0.717, 1.165) is 19.3 Å². The highest BCUT2D eigenvalue weighted by Gasteiger charge is 2.07. The molecule has 2 aromatic carbocycles. The summed E-state index contributed by atoms with van der Waals surface area (Å²) in [4.78, 5) is 10.9. The van der Waals surface area contributed by atoms with E-state index in [0.29, 0.717) is 11.6 Å². The quantitative estimate of drug-likeness (QED) is 0.623. The lowest BCUT2D eigenvalue weighted by molar-refractivity contribution is 0.0697. The van der Waals surface area contributed by atoms with Crippen molar-refractivity contribution in [1.29, 1.82) is 0 Å². The van der Waals surface area contributed by atoms with Crippen LogP contribution in [-0.2, 0) is 6.54 Å². The fraction of sp³-hybridized carbons (Fsp3) is 0.0714. The van der Waals surface area contributed by atoms with Gasteiger partial charge in [-0.25, -0.2) is 4.79 Å². The second-order valence-corrected chi connectivity index (χ2v) is 6.54. The van der Waals surface area contributed by atoms with Crippen molar-refractivity contribution < 1.29 is 9.90 Å². The van der Waals surface area contributed by atoms with Crippen LogP contribution in [0.4, 0.5) is 5.69 Å². The molecular weight excluding hydrogens is 456 g/mol. The van der Waals surface area contributed by atoms with Gasteiger partial charge in [-0.1, -0.05) is 33.6 Å². The molecule has 0 aliphatic rings. The number of hydrogen-bond donors (Lipinski definition) is 2. The monoisotopic (exact) mass is 465 g/mol. The molecule has 0 aliphatic carbocycles. The third kappa shape index (κ3) is 3.86. The van der Waals surface area contributed by atoms with E-state index in [4.69, 9.17) is 16.7 Å². The van der Waals surface area contributed by atoms with Crippen molar-refractivity contribution in [3.63, 3.8) is 0 Å². The van der Waals surface area contributed by atoms with Crippen LogP contribution in [0.3, 0.4) is 0 Å². The van der Waals surface area contributed by atoms with Gasteiger partial charge in [-0.15, -0.1) is 0 Å². The van der Waals surface area contributed by atoms with Crippen molar-refractivity contribution in [3.05, 3.63) is 60.6 Å². The minimum Gasteiger partial charge on any atom is -0.478 e. The van der Waals surface area contributed by atoms with E-state index in [1.54, 1.807) is 18.2 Å². The van der Waals surface area contributed by atoms with Crippen molar-refractivity contribution in [2.45, 2.75) is 6.54 Å². The molecule has 0 aliphatic heterocycles. The van der Waals surface area contributed by atoms with Gasteiger partial charge < -0.3 is 10.4 Å². The third-order valence-electron chi connectivity index (χ3n) is 2.70. The van der Waals surface area contributed by atoms with Gasteiger partial charge in [-0.3, -0.25) is 0 Å². The first-order valence-corrected chi connectivity index (χ1v) is 7.93. The smallest absolute Gasteiger partial charge is 0.335 e. The predicted molar refractivity (Wildman–Crippen MR) is 92.6 cm³/mol. The first kappa shape index (κ1) is 15.6. The number of halogens is 3. The Kier molecular flexibility index (Phi) is 5.29. The van der Waals surface area contributed by atoms with Gasteiger partial charge >= 0.3 is 5.97 Å². The van der Waals surface area contributed by atoms with Gasteiger partial charge in [0, 0.05) is 25.3 Å². The van der Waals surface area contributed by atoms with Gasteiger partial charge in [0.2, 0.25) is 0 Å². The Morgan fingerprint density at radius 3 is 2.65 bits per heavy atom. The number of nitrogens with one attached hydrogen (secondary N) is 1. The summed E-state index contributed by atoms with van der Waals surface area (Å²) in [5, 5.41) is 12.9. The molecule has 2 aromatic rings. The molecule has 0 saturated carbocycles. The van der Waals surface area contributed by atoms with E-state index in [9.17, 15) is 4.79 Å². The van der Waals surface area contributed by atoms with E-state index >= 15 is 0 Å². The van der Waals surface area contributed by atoms with Crippen molar-refractivity contribution >= 4 is 61.8 Å². The summed E-state index contributed by atoms with van der Waals surface area (Å²) in [7, 11) is 0. The molecule has 0 bridgehead atoms. The van der Waals surface area contributed by atoms with Crippen LogP contribution in [0.15, 0.2) is 40.9 Å². The van der Waals surface area contributed by atoms with Crippen molar-refractivity contribution in [1.82, 2.24) is 0 Å². The number of carboxylic acid groups (broad SMARTS) is 1. The number of benzene rings is 2. The molecule has 0 atom stereocenters. The number of anilines is 1. The molecule has 20 heavy (non-hydrogen) atoms. The Hall–Kier alpha value is -0.790. The SMILES string of the molecule is O=C(O)c1ccc(CNc2ccc(Cl)cc2I)c(Br)c1. The van der Waals surface area contributed by atoms with Crippen LogP contribution in [-0.4, -0.2) is 11.1 Å². The summed E-state index contributed by atoms with van der Waals surface area (Å²) >= 11 is 11.5. The topological polar surface area (TPSA) is 49.3 Å². The molecule has 0 saturated heterocycles. The average Bonchev–Trinajstić information content (AvgIpc) is 2.38. The largest absolute Gasteiger partial charge is 0.478 e. The molecule has 0 fully saturated rings. The van der Waals surface area contributed by atoms with Crippen LogP contribution < -0.4 is 5.32 Å². The zero-order chi connectivity index (χ0) is 14.7. The van der Waals surface area contributed by atoms with Gasteiger partial charge in [-0.05, 0) is 58.5 Å². The summed E-state index contributed by atoms with van der Waals surface area (Å²) < 4.78 is 1.81. The predicted octanol–water partition coefficient (Wildman–Crippen LogP) is 5.02. The summed E-state index contributed by atoms with van der Waals surface area (Å²) in [6.07, 6.45) is 0. The summed E-state index contributed by atoms with van der Waals surface area (Å²) in [6.45, 7) is 0.595. The lowest BCUT2D eigenvalue weighted by Crippen LogP contribution is -2.03. The first-order valence-electron chi connectivity index (χ1n) is 5.68. The van der Waals surface area contributed by atoms with Gasteiger partial charge in [0.15, 0.2) is 0 Å². The fourth-order valence-corrected chi connectivity index (χ4v) is 3.23. The standard InChI is InChI=1S/C14H10BrClINO2/c15-11-5-8(14(19)20)1-2-9(11)7-18-13-4-3-10(16)6-12(13)17/h1-6,18H,7H2,(H,19,20). The van der Waals surface area contributed by atoms with Gasteiger partial charge in [0.05, 0.1) is 5.56 Å². The highest BCUT2D eigenvalue weighted by atomic mass is 127. The molecule has 0 unspecified atom stereocenters. The molecule has 0 spiro atoms. The second-order valence-electron chi connectivity index (χ2n) is 4.09. The average molecular weight is 467 g/mol. The van der Waals surface area contributed by atoms with E-state index in [2.05, 4.69) is 43.8 Å². The molecule has 6 heteroatoms. The number of aromatic carboxylic acids is 1. The molecule has 104 valence electrons. The molecule has 0 amide bonds. The first-order chi connectivity index (χ1) is 9.47. The molecule has 0 radical (unpaired) electrons. The zero-order valence-corrected chi connectivity index (χ0v) is 14.7. The Balaban J connectivity index is 2.13. The van der Waals surface area contributed by atoms with E-state index in [-0.39, 0.29) is 5.56 Å². The maximum absolute atomic E-state index is 10.9. The van der Waals surface area contributed by atoms with E-state index in [1.807, 2.05) is 18.2 Å². The van der Waals surface area contributed by atoms with Crippen LogP contribution >= 0.6 is 50.1 Å². The van der Waals surface area contributed by atoms with E-state index in [1.165, 1.54) is 0 Å². The molecule has 0 heterocycles. The van der Waals surface area contributed by atoms with Crippen molar-refractivity contribution in [2.24, 2.45) is 0 Å². The van der Waals surface area contributed by atoms with Crippen LogP contribution in [0.25, 0.3) is 0 Å². The van der Waals surface area contributed by atoms with Crippen LogP contribution in [0, 0.1) is 3.57 Å². The van der Waals surface area contributed by atoms with Crippen LogP contribution in [0.1, 0.15) is 15.9 Å². The molecular formula is C14H10BrClINO2. The second kappa shape index (κ2) is 6.78. The Bertz CT molecular complexity index is 664. The number of carbonyl (C=O) groups is 1. The lowest BCUT2D eigenvalue weighted by atomic mass is 10.1. The van der Waals surface area contributed by atoms with Crippen LogP contribution in [0.5, 0.6) is 0 Å². The van der Waals surface area contributed by atoms with Gasteiger partial charge in [0.1, 0.15) is 0 Å². The molecule has 3 nitrogen and oxygen atoms in total. The Morgan fingerprint density at radius 1 is 1.30 bits per heavy atom. The van der Waals surface area contributed by atoms with Crippen LogP contribution in [0.2, 0.25) is 5.02 Å². The molecule has 2 rings (SSSR count). The Morgan fingerprint density at radius 2 is 2.05 bits per heavy atom. The molecule has 2 N–H and O–H groups in total. The normalized spacial score (nSPS) is 10.3. The maximum Gasteiger partial charge on any atom is 0.335 e. The van der Waals surface area contributed by atoms with Gasteiger partial charge in [0.25, 0.3) is 0 Å². The number of rotatable bonds is 4. The number of hydrogen-bond acceptors (Lipinski definition) is 2. The fourth-order valence-electron chi connectivity index (χ4n) is 1.65. The number of carboxylic acids is 1.